The minimum absolute atomic E-state index is 0.369. The van der Waals surface area contributed by atoms with Gasteiger partial charge in [-0.2, -0.15) is 0 Å². The molecule has 0 heterocycles. The van der Waals surface area contributed by atoms with Crippen molar-refractivity contribution in [1.29, 1.82) is 0 Å². The van der Waals surface area contributed by atoms with Crippen molar-refractivity contribution in [3.63, 3.8) is 0 Å². The summed E-state index contributed by atoms with van der Waals surface area (Å²) < 4.78 is 10.3. The van der Waals surface area contributed by atoms with Crippen molar-refractivity contribution in [1.82, 2.24) is 0 Å². The van der Waals surface area contributed by atoms with Gasteiger partial charge in [-0.15, -0.1) is 0 Å². The van der Waals surface area contributed by atoms with Crippen LogP contribution in [0.1, 0.15) is 31.9 Å². The lowest BCUT2D eigenvalue weighted by Crippen LogP contribution is -2.03. The minimum Gasteiger partial charge on any atom is -0.493 e. The Morgan fingerprint density at radius 3 is 2.14 bits per heavy atom. The second kappa shape index (κ2) is 9.11. The smallest absolute Gasteiger partial charge is 0.308 e. The Morgan fingerprint density at radius 2 is 1.59 bits per heavy atom. The summed E-state index contributed by atoms with van der Waals surface area (Å²) in [6.07, 6.45) is 0.732. The third-order valence-electron chi connectivity index (χ3n) is 2.80. The van der Waals surface area contributed by atoms with Crippen molar-refractivity contribution in [2.45, 2.75) is 27.2 Å². The number of carbonyl (C=O) groups excluding carboxylic acids is 1. The highest BCUT2D eigenvalue weighted by Gasteiger charge is 2.08. The van der Waals surface area contributed by atoms with Crippen molar-refractivity contribution in [2.24, 2.45) is 0 Å². The van der Waals surface area contributed by atoms with E-state index in [1.54, 1.807) is 13.2 Å². The molecule has 2 aromatic rings. The minimum atomic E-state index is -0.369. The fourth-order valence-corrected chi connectivity index (χ4v) is 2.03. The first-order chi connectivity index (χ1) is 10.6. The number of rotatable bonds is 4. The predicted octanol–water partition coefficient (Wildman–Crippen LogP) is 4.89. The van der Waals surface area contributed by atoms with Crippen LogP contribution in [0.4, 0.5) is 0 Å². The zero-order chi connectivity index (χ0) is 16.5. The van der Waals surface area contributed by atoms with Gasteiger partial charge in [-0.05, 0) is 41.8 Å². The van der Waals surface area contributed by atoms with E-state index in [-0.39, 0.29) is 5.97 Å². The molecule has 0 atom stereocenters. The summed E-state index contributed by atoms with van der Waals surface area (Å²) in [5, 5.41) is 0.712. The van der Waals surface area contributed by atoms with Gasteiger partial charge in [0.2, 0.25) is 0 Å². The van der Waals surface area contributed by atoms with E-state index in [9.17, 15) is 4.79 Å². The molecule has 0 saturated heterocycles. The van der Waals surface area contributed by atoms with Crippen LogP contribution >= 0.6 is 11.6 Å². The van der Waals surface area contributed by atoms with Crippen LogP contribution in [-0.2, 0) is 11.2 Å². The van der Waals surface area contributed by atoms with Crippen LogP contribution in [0.3, 0.4) is 0 Å². The van der Waals surface area contributed by atoms with E-state index < -0.39 is 0 Å². The van der Waals surface area contributed by atoms with E-state index in [1.165, 1.54) is 6.92 Å². The summed E-state index contributed by atoms with van der Waals surface area (Å²) in [5.74, 6) is 0.610. The van der Waals surface area contributed by atoms with Gasteiger partial charge >= 0.3 is 5.97 Å². The molecule has 3 nitrogen and oxygen atoms in total. The fraction of sp³-hybridized carbons (Fsp3) is 0.278. The Labute approximate surface area is 136 Å². The number of halogens is 1. The lowest BCUT2D eigenvalue weighted by molar-refractivity contribution is -0.132. The second-order valence-electron chi connectivity index (χ2n) is 4.38. The maximum Gasteiger partial charge on any atom is 0.308 e. The number of hydrogen-bond donors (Lipinski definition) is 0. The van der Waals surface area contributed by atoms with E-state index in [4.69, 9.17) is 21.1 Å². The topological polar surface area (TPSA) is 35.5 Å². The van der Waals surface area contributed by atoms with Crippen LogP contribution in [0.25, 0.3) is 0 Å². The van der Waals surface area contributed by atoms with Gasteiger partial charge in [0, 0.05) is 11.9 Å². The standard InChI is InChI=1S/C16H15ClO3.C2H6/c1-11(18)20-16-10-13(5-8-15(16)19-2)9-12-3-6-14(17)7-4-12;1-2/h3-8,10H,9H2,1-2H3;1-2H3. The van der Waals surface area contributed by atoms with E-state index in [2.05, 4.69) is 0 Å². The van der Waals surface area contributed by atoms with E-state index in [1.807, 2.05) is 50.2 Å². The summed E-state index contributed by atoms with van der Waals surface area (Å²) in [6, 6.07) is 13.2. The summed E-state index contributed by atoms with van der Waals surface area (Å²) in [4.78, 5) is 11.1. The molecule has 2 rings (SSSR count). The lowest BCUT2D eigenvalue weighted by atomic mass is 10.0. The number of hydrogen-bond acceptors (Lipinski definition) is 3. The molecule has 0 aromatic heterocycles. The fourth-order valence-electron chi connectivity index (χ4n) is 1.90. The molecule has 0 aliphatic heterocycles. The average Bonchev–Trinajstić information content (AvgIpc) is 2.51. The first-order valence-corrected chi connectivity index (χ1v) is 7.56. The van der Waals surface area contributed by atoms with E-state index in [0.29, 0.717) is 16.5 Å². The quantitative estimate of drug-likeness (QED) is 0.594. The molecular weight excluding hydrogens is 300 g/mol. The number of benzene rings is 2. The van der Waals surface area contributed by atoms with Crippen LogP contribution in [0, 0.1) is 0 Å². The average molecular weight is 321 g/mol. The summed E-state index contributed by atoms with van der Waals surface area (Å²) in [6.45, 7) is 5.37. The predicted molar refractivity (Wildman–Crippen MR) is 89.9 cm³/mol. The molecule has 2 aromatic carbocycles. The Kier molecular flexibility index (Phi) is 7.47. The maximum atomic E-state index is 11.1. The third-order valence-corrected chi connectivity index (χ3v) is 3.06. The van der Waals surface area contributed by atoms with Gasteiger partial charge in [-0.1, -0.05) is 43.6 Å². The highest BCUT2D eigenvalue weighted by Crippen LogP contribution is 2.29. The normalized spacial score (nSPS) is 9.50. The highest BCUT2D eigenvalue weighted by molar-refractivity contribution is 6.30. The molecule has 0 unspecified atom stereocenters. The molecule has 0 N–H and O–H groups in total. The van der Waals surface area contributed by atoms with Gasteiger partial charge in [-0.3, -0.25) is 4.79 Å². The Bertz CT molecular complexity index is 606. The monoisotopic (exact) mass is 320 g/mol. The van der Waals surface area contributed by atoms with Gasteiger partial charge in [0.25, 0.3) is 0 Å². The molecule has 0 fully saturated rings. The molecule has 0 aliphatic carbocycles. The Morgan fingerprint density at radius 1 is 1.00 bits per heavy atom. The zero-order valence-corrected chi connectivity index (χ0v) is 14.1. The number of carbonyl (C=O) groups is 1. The van der Waals surface area contributed by atoms with E-state index in [0.717, 1.165) is 17.5 Å². The van der Waals surface area contributed by atoms with Crippen molar-refractivity contribution >= 4 is 17.6 Å². The molecule has 0 amide bonds. The van der Waals surface area contributed by atoms with Gasteiger partial charge in [0.05, 0.1) is 7.11 Å². The molecule has 0 radical (unpaired) electrons. The number of methoxy groups -OCH3 is 1. The van der Waals surface area contributed by atoms with Crippen LogP contribution in [0.2, 0.25) is 5.02 Å². The van der Waals surface area contributed by atoms with Gasteiger partial charge < -0.3 is 9.47 Å². The summed E-state index contributed by atoms with van der Waals surface area (Å²) in [7, 11) is 1.54. The number of ether oxygens (including phenoxy) is 2. The molecule has 4 heteroatoms. The molecule has 0 aliphatic rings. The van der Waals surface area contributed by atoms with Crippen molar-refractivity contribution < 1.29 is 14.3 Å². The van der Waals surface area contributed by atoms with Crippen molar-refractivity contribution in [3.05, 3.63) is 58.6 Å². The van der Waals surface area contributed by atoms with Gasteiger partial charge in [0.1, 0.15) is 0 Å². The molecule has 118 valence electrons. The van der Waals surface area contributed by atoms with Crippen molar-refractivity contribution in [3.8, 4) is 11.5 Å². The third kappa shape index (κ3) is 5.41. The Hall–Kier alpha value is -2.00. The molecule has 22 heavy (non-hydrogen) atoms. The SMILES string of the molecule is CC.COc1ccc(Cc2ccc(Cl)cc2)cc1OC(C)=O. The van der Waals surface area contributed by atoms with Crippen molar-refractivity contribution in [2.75, 3.05) is 7.11 Å². The number of esters is 1. The maximum absolute atomic E-state index is 11.1. The van der Waals surface area contributed by atoms with Gasteiger partial charge in [0.15, 0.2) is 11.5 Å². The molecular formula is C18H21ClO3. The van der Waals surface area contributed by atoms with Crippen LogP contribution in [-0.4, -0.2) is 13.1 Å². The molecule has 0 bridgehead atoms. The van der Waals surface area contributed by atoms with Crippen LogP contribution < -0.4 is 9.47 Å². The first-order valence-electron chi connectivity index (χ1n) is 7.18. The highest BCUT2D eigenvalue weighted by atomic mass is 35.5. The van der Waals surface area contributed by atoms with Crippen LogP contribution in [0.5, 0.6) is 11.5 Å². The molecule has 0 saturated carbocycles. The van der Waals surface area contributed by atoms with E-state index >= 15 is 0 Å². The largest absolute Gasteiger partial charge is 0.493 e. The van der Waals surface area contributed by atoms with Crippen LogP contribution in [0.15, 0.2) is 42.5 Å². The summed E-state index contributed by atoms with van der Waals surface area (Å²) >= 11 is 5.86. The van der Waals surface area contributed by atoms with Gasteiger partial charge in [-0.25, -0.2) is 0 Å². The second-order valence-corrected chi connectivity index (χ2v) is 4.82. The first kappa shape index (κ1) is 18.1. The molecule has 0 spiro atoms. The summed E-state index contributed by atoms with van der Waals surface area (Å²) in [5.41, 5.74) is 2.16. The lowest BCUT2D eigenvalue weighted by Gasteiger charge is -2.10. The zero-order valence-electron chi connectivity index (χ0n) is 13.4. The Balaban J connectivity index is 0.00000116.